The SMILES string of the molecule is C=CC(C)(/C=C/[C@H]1[C@@H](C)CC[C@@H]2[C@]1(C)CCC[C@]2(C)C(=O)OCN1C(=O)c2ccccc2C1=O)OCC. The maximum Gasteiger partial charge on any atom is 0.313 e. The van der Waals surface area contributed by atoms with E-state index >= 15 is 0 Å². The van der Waals surface area contributed by atoms with Crippen LogP contribution in [0.4, 0.5) is 0 Å². The van der Waals surface area contributed by atoms with Crippen molar-refractivity contribution in [3.8, 4) is 0 Å². The number of allylic oxidation sites excluding steroid dienone is 1. The van der Waals surface area contributed by atoms with Crippen molar-refractivity contribution >= 4 is 17.8 Å². The first-order valence-electron chi connectivity index (χ1n) is 13.6. The number of imide groups is 1. The van der Waals surface area contributed by atoms with Crippen LogP contribution in [0.15, 0.2) is 49.1 Å². The van der Waals surface area contributed by atoms with E-state index in [2.05, 4.69) is 32.6 Å². The smallest absolute Gasteiger partial charge is 0.313 e. The van der Waals surface area contributed by atoms with Crippen LogP contribution in [-0.2, 0) is 14.3 Å². The van der Waals surface area contributed by atoms with Crippen LogP contribution in [0.5, 0.6) is 0 Å². The predicted octanol–water partition coefficient (Wildman–Crippen LogP) is 6.18. The fraction of sp³-hybridized carbons (Fsp3) is 0.581. The summed E-state index contributed by atoms with van der Waals surface area (Å²) in [6.45, 7) is 14.9. The number of ether oxygens (including phenoxy) is 2. The van der Waals surface area contributed by atoms with Gasteiger partial charge in [-0.2, -0.15) is 0 Å². The van der Waals surface area contributed by atoms with Crippen LogP contribution in [0.2, 0.25) is 0 Å². The molecular formula is C31H41NO5. The van der Waals surface area contributed by atoms with Gasteiger partial charge in [-0.05, 0) is 81.8 Å². The molecule has 0 aromatic heterocycles. The summed E-state index contributed by atoms with van der Waals surface area (Å²) < 4.78 is 11.7. The molecule has 2 saturated carbocycles. The van der Waals surface area contributed by atoms with E-state index in [1.807, 2.05) is 26.8 Å². The number of nitrogens with zero attached hydrogens (tertiary/aromatic N) is 1. The Kier molecular flexibility index (Phi) is 7.53. The number of rotatable bonds is 8. The molecule has 2 aliphatic carbocycles. The second kappa shape index (κ2) is 10.2. The molecule has 0 spiro atoms. The number of esters is 1. The molecule has 6 nitrogen and oxygen atoms in total. The van der Waals surface area contributed by atoms with Gasteiger partial charge < -0.3 is 9.47 Å². The van der Waals surface area contributed by atoms with Crippen molar-refractivity contribution in [2.75, 3.05) is 13.3 Å². The van der Waals surface area contributed by atoms with E-state index in [0.29, 0.717) is 23.7 Å². The minimum Gasteiger partial charge on any atom is -0.443 e. The van der Waals surface area contributed by atoms with Gasteiger partial charge in [0, 0.05) is 6.61 Å². The van der Waals surface area contributed by atoms with Crippen LogP contribution >= 0.6 is 0 Å². The Morgan fingerprint density at radius 1 is 1.16 bits per heavy atom. The van der Waals surface area contributed by atoms with Gasteiger partial charge in [0.15, 0.2) is 6.73 Å². The monoisotopic (exact) mass is 507 g/mol. The molecule has 1 aromatic rings. The Bertz CT molecular complexity index is 1080. The fourth-order valence-electron chi connectivity index (χ4n) is 7.30. The van der Waals surface area contributed by atoms with E-state index in [4.69, 9.17) is 9.47 Å². The van der Waals surface area contributed by atoms with Gasteiger partial charge in [-0.15, -0.1) is 0 Å². The molecule has 3 aliphatic rings. The molecule has 0 radical (unpaired) electrons. The van der Waals surface area contributed by atoms with Crippen molar-refractivity contribution in [2.45, 2.75) is 72.3 Å². The van der Waals surface area contributed by atoms with Gasteiger partial charge in [0.1, 0.15) is 5.60 Å². The van der Waals surface area contributed by atoms with E-state index in [1.165, 1.54) is 0 Å². The molecule has 1 aromatic carbocycles. The normalized spacial score (nSPS) is 33.1. The molecule has 2 amide bonds. The summed E-state index contributed by atoms with van der Waals surface area (Å²) >= 11 is 0. The van der Waals surface area contributed by atoms with E-state index < -0.39 is 22.8 Å². The highest BCUT2D eigenvalue weighted by molar-refractivity contribution is 6.21. The first-order valence-corrected chi connectivity index (χ1v) is 13.6. The maximum absolute atomic E-state index is 13.7. The number of amides is 2. The van der Waals surface area contributed by atoms with Crippen LogP contribution in [0.1, 0.15) is 87.4 Å². The number of fused-ring (bicyclic) bond motifs is 2. The molecular weight excluding hydrogens is 466 g/mol. The second-order valence-electron chi connectivity index (χ2n) is 11.7. The third-order valence-electron chi connectivity index (χ3n) is 9.43. The number of hydrogen-bond acceptors (Lipinski definition) is 5. The molecule has 0 saturated heterocycles. The van der Waals surface area contributed by atoms with E-state index in [1.54, 1.807) is 24.3 Å². The summed E-state index contributed by atoms with van der Waals surface area (Å²) in [5, 5.41) is 0. The highest BCUT2D eigenvalue weighted by atomic mass is 16.5. The Balaban J connectivity index is 1.53. The lowest BCUT2D eigenvalue weighted by molar-refractivity contribution is -0.176. The molecule has 0 bridgehead atoms. The average molecular weight is 508 g/mol. The van der Waals surface area contributed by atoms with Gasteiger partial charge in [0.25, 0.3) is 11.8 Å². The predicted molar refractivity (Wildman–Crippen MR) is 143 cm³/mol. The highest BCUT2D eigenvalue weighted by Crippen LogP contribution is 2.62. The lowest BCUT2D eigenvalue weighted by Crippen LogP contribution is -2.55. The quantitative estimate of drug-likeness (QED) is 0.239. The first-order chi connectivity index (χ1) is 17.5. The van der Waals surface area contributed by atoms with Gasteiger partial charge in [0.2, 0.25) is 0 Å². The zero-order valence-electron chi connectivity index (χ0n) is 22.9. The Labute approximate surface area is 221 Å². The summed E-state index contributed by atoms with van der Waals surface area (Å²) in [5.74, 6) is -0.245. The van der Waals surface area contributed by atoms with Crippen molar-refractivity contribution in [3.63, 3.8) is 0 Å². The van der Waals surface area contributed by atoms with E-state index in [0.717, 1.165) is 37.0 Å². The number of carbonyl (C=O) groups excluding carboxylic acids is 3. The Hall–Kier alpha value is -2.73. The summed E-state index contributed by atoms with van der Waals surface area (Å²) in [5.41, 5.74) is -0.575. The molecule has 1 unspecified atom stereocenters. The number of benzene rings is 1. The molecule has 2 fully saturated rings. The second-order valence-corrected chi connectivity index (χ2v) is 11.7. The molecule has 4 rings (SSSR count). The molecule has 1 heterocycles. The number of carbonyl (C=O) groups is 3. The van der Waals surface area contributed by atoms with Crippen molar-refractivity contribution in [3.05, 3.63) is 60.2 Å². The topological polar surface area (TPSA) is 72.9 Å². The average Bonchev–Trinajstić information content (AvgIpc) is 3.11. The van der Waals surface area contributed by atoms with Gasteiger partial charge in [0.05, 0.1) is 16.5 Å². The van der Waals surface area contributed by atoms with E-state index in [9.17, 15) is 14.4 Å². The van der Waals surface area contributed by atoms with Crippen molar-refractivity contribution in [1.29, 1.82) is 0 Å². The van der Waals surface area contributed by atoms with Crippen LogP contribution in [-0.4, -0.2) is 41.6 Å². The fourth-order valence-corrected chi connectivity index (χ4v) is 7.30. The summed E-state index contributed by atoms with van der Waals surface area (Å²) in [6.07, 6.45) is 10.9. The Morgan fingerprint density at radius 3 is 2.41 bits per heavy atom. The van der Waals surface area contributed by atoms with Gasteiger partial charge in [-0.1, -0.05) is 57.2 Å². The van der Waals surface area contributed by atoms with Crippen molar-refractivity contribution in [1.82, 2.24) is 4.90 Å². The molecule has 0 N–H and O–H groups in total. The number of hydrogen-bond donors (Lipinski definition) is 0. The third-order valence-corrected chi connectivity index (χ3v) is 9.43. The van der Waals surface area contributed by atoms with Crippen LogP contribution < -0.4 is 0 Å². The van der Waals surface area contributed by atoms with Gasteiger partial charge in [-0.3, -0.25) is 14.4 Å². The van der Waals surface area contributed by atoms with Gasteiger partial charge >= 0.3 is 5.97 Å². The largest absolute Gasteiger partial charge is 0.443 e. The van der Waals surface area contributed by atoms with Crippen LogP contribution in [0, 0.1) is 28.6 Å². The third kappa shape index (κ3) is 4.69. The molecule has 200 valence electrons. The summed E-state index contributed by atoms with van der Waals surface area (Å²) in [7, 11) is 0. The van der Waals surface area contributed by atoms with E-state index in [-0.39, 0.29) is 30.0 Å². The minimum atomic E-state index is -0.681. The lowest BCUT2D eigenvalue weighted by Gasteiger charge is -2.58. The standard InChI is InChI=1S/C31H41NO5/c1-7-29(4,37-8-2)19-16-24-21(3)14-15-25-30(24,5)17-11-18-31(25,6)28(35)36-20-32-26(33)22-12-9-10-13-23(22)27(32)34/h7,9-10,12-13,16,19,21,24-25H,1,8,11,14-15,17-18,20H2,2-6H3/b19-16+/t21-,24-,25+,29?,30+,31-/m0/s1. The first kappa shape index (κ1) is 27.3. The molecule has 37 heavy (non-hydrogen) atoms. The van der Waals surface area contributed by atoms with Crippen molar-refractivity contribution in [2.24, 2.45) is 28.6 Å². The minimum absolute atomic E-state index is 0.0794. The lowest BCUT2D eigenvalue weighted by atomic mass is 9.46. The zero-order valence-corrected chi connectivity index (χ0v) is 22.9. The molecule has 6 heteroatoms. The van der Waals surface area contributed by atoms with Crippen LogP contribution in [0.25, 0.3) is 0 Å². The highest BCUT2D eigenvalue weighted by Gasteiger charge is 2.58. The summed E-state index contributed by atoms with van der Waals surface area (Å²) in [4.78, 5) is 40.2. The molecule has 6 atom stereocenters. The Morgan fingerprint density at radius 2 is 1.81 bits per heavy atom. The molecule has 1 aliphatic heterocycles. The maximum atomic E-state index is 13.7. The van der Waals surface area contributed by atoms with Crippen molar-refractivity contribution < 1.29 is 23.9 Å². The zero-order chi connectivity index (χ0) is 27.0. The van der Waals surface area contributed by atoms with Crippen LogP contribution in [0.3, 0.4) is 0 Å². The summed E-state index contributed by atoms with van der Waals surface area (Å²) in [6, 6.07) is 6.71. The van der Waals surface area contributed by atoms with Gasteiger partial charge in [-0.25, -0.2) is 4.90 Å².